The predicted octanol–water partition coefficient (Wildman–Crippen LogP) is 3.28. The first-order valence-corrected chi connectivity index (χ1v) is 7.48. The number of benzene rings is 1. The van der Waals surface area contributed by atoms with Crippen LogP contribution in [0.25, 0.3) is 0 Å². The van der Waals surface area contributed by atoms with E-state index in [2.05, 4.69) is 61.1 Å². The lowest BCUT2D eigenvalue weighted by molar-refractivity contribution is 0.454. The first-order valence-electron chi connectivity index (χ1n) is 7.48. The highest BCUT2D eigenvalue weighted by atomic mass is 15.3. The minimum atomic E-state index is 0.297. The molecular weight excluding hydrogens is 246 g/mol. The standard InChI is InChI=1S/C17H25N3/c1-5-14-11-15(6-2)20(19-14)12-17(18-4)16-10-8-7-9-13(16)3/h7-11,17-18H,5-6,12H2,1-4H3. The number of aryl methyl sites for hydroxylation is 3. The third-order valence-corrected chi connectivity index (χ3v) is 3.91. The van der Waals surface area contributed by atoms with Gasteiger partial charge in [-0.15, -0.1) is 0 Å². The van der Waals surface area contributed by atoms with Crippen LogP contribution < -0.4 is 5.32 Å². The van der Waals surface area contributed by atoms with Crippen LogP contribution in [0.1, 0.15) is 42.4 Å². The van der Waals surface area contributed by atoms with Gasteiger partial charge in [0.25, 0.3) is 0 Å². The van der Waals surface area contributed by atoms with Crippen molar-refractivity contribution in [1.82, 2.24) is 15.1 Å². The molecule has 0 saturated heterocycles. The first kappa shape index (κ1) is 14.8. The molecule has 20 heavy (non-hydrogen) atoms. The number of hydrogen-bond donors (Lipinski definition) is 1. The maximum absolute atomic E-state index is 4.72. The molecule has 0 aliphatic heterocycles. The van der Waals surface area contributed by atoms with Gasteiger partial charge in [-0.25, -0.2) is 0 Å². The van der Waals surface area contributed by atoms with Gasteiger partial charge in [-0.1, -0.05) is 38.1 Å². The van der Waals surface area contributed by atoms with E-state index in [0.717, 1.165) is 19.4 Å². The molecule has 0 aliphatic carbocycles. The second-order valence-electron chi connectivity index (χ2n) is 5.21. The van der Waals surface area contributed by atoms with Crippen molar-refractivity contribution < 1.29 is 0 Å². The lowest BCUT2D eigenvalue weighted by Gasteiger charge is -2.20. The molecule has 1 N–H and O–H groups in total. The summed E-state index contributed by atoms with van der Waals surface area (Å²) in [6.07, 6.45) is 2.02. The van der Waals surface area contributed by atoms with E-state index in [1.54, 1.807) is 0 Å². The maximum atomic E-state index is 4.72. The highest BCUT2D eigenvalue weighted by molar-refractivity contribution is 5.28. The second kappa shape index (κ2) is 6.71. The van der Waals surface area contributed by atoms with Crippen molar-refractivity contribution in [1.29, 1.82) is 0 Å². The lowest BCUT2D eigenvalue weighted by atomic mass is 10.0. The zero-order valence-corrected chi connectivity index (χ0v) is 13.0. The van der Waals surface area contributed by atoms with Gasteiger partial charge in [0.05, 0.1) is 18.3 Å². The largest absolute Gasteiger partial charge is 0.311 e. The number of nitrogens with zero attached hydrogens (tertiary/aromatic N) is 2. The van der Waals surface area contributed by atoms with E-state index in [1.807, 2.05) is 7.05 Å². The van der Waals surface area contributed by atoms with Gasteiger partial charge in [-0.3, -0.25) is 4.68 Å². The molecule has 108 valence electrons. The van der Waals surface area contributed by atoms with Gasteiger partial charge in [-0.05, 0) is 44.0 Å². The summed E-state index contributed by atoms with van der Waals surface area (Å²) < 4.78 is 2.16. The molecule has 0 spiro atoms. The molecule has 1 heterocycles. The Bertz CT molecular complexity index is 557. The summed E-state index contributed by atoms with van der Waals surface area (Å²) in [5, 5.41) is 8.14. The molecular formula is C17H25N3. The molecule has 2 aromatic rings. The van der Waals surface area contributed by atoms with Crippen molar-refractivity contribution in [3.63, 3.8) is 0 Å². The molecule has 1 aromatic heterocycles. The Kier molecular flexibility index (Phi) is 4.96. The zero-order valence-electron chi connectivity index (χ0n) is 13.0. The summed E-state index contributed by atoms with van der Waals surface area (Å²) in [6, 6.07) is 11.1. The van der Waals surface area contributed by atoms with E-state index in [0.29, 0.717) is 6.04 Å². The van der Waals surface area contributed by atoms with Gasteiger partial charge in [0.1, 0.15) is 0 Å². The predicted molar refractivity (Wildman–Crippen MR) is 84.0 cm³/mol. The van der Waals surface area contributed by atoms with E-state index >= 15 is 0 Å². The third kappa shape index (κ3) is 3.10. The maximum Gasteiger partial charge on any atom is 0.0624 e. The monoisotopic (exact) mass is 271 g/mol. The van der Waals surface area contributed by atoms with Crippen molar-refractivity contribution in [2.75, 3.05) is 7.05 Å². The summed E-state index contributed by atoms with van der Waals surface area (Å²) in [4.78, 5) is 0. The number of nitrogens with one attached hydrogen (secondary N) is 1. The van der Waals surface area contributed by atoms with Crippen LogP contribution >= 0.6 is 0 Å². The Morgan fingerprint density at radius 1 is 1.20 bits per heavy atom. The zero-order chi connectivity index (χ0) is 14.5. The topological polar surface area (TPSA) is 29.9 Å². The molecule has 0 aliphatic rings. The fraction of sp³-hybridized carbons (Fsp3) is 0.471. The van der Waals surface area contributed by atoms with Crippen LogP contribution in [-0.4, -0.2) is 16.8 Å². The molecule has 3 nitrogen and oxygen atoms in total. The molecule has 0 amide bonds. The summed E-state index contributed by atoms with van der Waals surface area (Å²) >= 11 is 0. The fourth-order valence-electron chi connectivity index (χ4n) is 2.63. The number of aromatic nitrogens is 2. The van der Waals surface area contributed by atoms with Crippen molar-refractivity contribution >= 4 is 0 Å². The van der Waals surface area contributed by atoms with Crippen LogP contribution in [0.3, 0.4) is 0 Å². The average Bonchev–Trinajstić information content (AvgIpc) is 2.88. The highest BCUT2D eigenvalue weighted by Gasteiger charge is 2.14. The minimum absolute atomic E-state index is 0.297. The smallest absolute Gasteiger partial charge is 0.0624 e. The quantitative estimate of drug-likeness (QED) is 0.874. The van der Waals surface area contributed by atoms with E-state index in [1.165, 1.54) is 22.5 Å². The van der Waals surface area contributed by atoms with Gasteiger partial charge < -0.3 is 5.32 Å². The average molecular weight is 271 g/mol. The van der Waals surface area contributed by atoms with Gasteiger partial charge in [0, 0.05) is 5.69 Å². The van der Waals surface area contributed by atoms with Crippen LogP contribution in [0.5, 0.6) is 0 Å². The van der Waals surface area contributed by atoms with Gasteiger partial charge in [0.2, 0.25) is 0 Å². The SMILES string of the molecule is CCc1cc(CC)n(CC(NC)c2ccccc2C)n1. The minimum Gasteiger partial charge on any atom is -0.311 e. The molecule has 1 aromatic carbocycles. The van der Waals surface area contributed by atoms with Crippen LogP contribution in [0, 0.1) is 6.92 Å². The van der Waals surface area contributed by atoms with Crippen molar-refractivity contribution in [2.24, 2.45) is 0 Å². The Morgan fingerprint density at radius 2 is 1.95 bits per heavy atom. The Morgan fingerprint density at radius 3 is 2.55 bits per heavy atom. The van der Waals surface area contributed by atoms with Crippen molar-refractivity contribution in [3.8, 4) is 0 Å². The second-order valence-corrected chi connectivity index (χ2v) is 5.21. The summed E-state index contributed by atoms with van der Waals surface area (Å²) in [5.74, 6) is 0. The summed E-state index contributed by atoms with van der Waals surface area (Å²) in [6.45, 7) is 7.39. The number of rotatable bonds is 6. The van der Waals surface area contributed by atoms with Crippen LogP contribution in [0.15, 0.2) is 30.3 Å². The molecule has 0 saturated carbocycles. The van der Waals surface area contributed by atoms with Gasteiger partial charge in [-0.2, -0.15) is 5.10 Å². The van der Waals surface area contributed by atoms with Crippen LogP contribution in [0.4, 0.5) is 0 Å². The van der Waals surface area contributed by atoms with Gasteiger partial charge >= 0.3 is 0 Å². The summed E-state index contributed by atoms with van der Waals surface area (Å²) in [5.41, 5.74) is 5.18. The molecule has 0 bridgehead atoms. The molecule has 3 heteroatoms. The third-order valence-electron chi connectivity index (χ3n) is 3.91. The van der Waals surface area contributed by atoms with E-state index in [9.17, 15) is 0 Å². The number of hydrogen-bond acceptors (Lipinski definition) is 2. The van der Waals surface area contributed by atoms with E-state index in [-0.39, 0.29) is 0 Å². The van der Waals surface area contributed by atoms with E-state index < -0.39 is 0 Å². The molecule has 1 atom stereocenters. The number of likely N-dealkylation sites (N-methyl/N-ethyl adjacent to an activating group) is 1. The molecule has 2 rings (SSSR count). The molecule has 0 radical (unpaired) electrons. The highest BCUT2D eigenvalue weighted by Crippen LogP contribution is 2.20. The molecule has 0 fully saturated rings. The van der Waals surface area contributed by atoms with Crippen LogP contribution in [-0.2, 0) is 19.4 Å². The summed E-state index contributed by atoms with van der Waals surface area (Å²) in [7, 11) is 2.02. The Labute approximate surface area is 122 Å². The lowest BCUT2D eigenvalue weighted by Crippen LogP contribution is -2.24. The fourth-order valence-corrected chi connectivity index (χ4v) is 2.63. The normalized spacial score (nSPS) is 12.6. The van der Waals surface area contributed by atoms with E-state index in [4.69, 9.17) is 5.10 Å². The van der Waals surface area contributed by atoms with Crippen molar-refractivity contribution in [2.45, 2.75) is 46.2 Å². The van der Waals surface area contributed by atoms with Gasteiger partial charge in [0.15, 0.2) is 0 Å². The Balaban J connectivity index is 2.26. The first-order chi connectivity index (χ1) is 9.69. The molecule has 1 unspecified atom stereocenters. The van der Waals surface area contributed by atoms with Crippen molar-refractivity contribution in [3.05, 3.63) is 52.8 Å². The Hall–Kier alpha value is -1.61. The van der Waals surface area contributed by atoms with Crippen LogP contribution in [0.2, 0.25) is 0 Å².